The maximum Gasteiger partial charge on any atom is 0.321 e. The first-order valence-electron chi connectivity index (χ1n) is 7.60. The standard InChI is InChI=1S/C17H18ClNO5S2/c1-25-11-10-15(17(20)21)19-26(22,23)13-8-6-12(7-9-13)24-16-5-3-2-4-14(16)18/h2-9,15,19H,10-11H2,1H3,(H,20,21). The van der Waals surface area contributed by atoms with E-state index in [1.807, 2.05) is 6.26 Å². The molecule has 26 heavy (non-hydrogen) atoms. The van der Waals surface area contributed by atoms with Crippen molar-refractivity contribution in [3.63, 3.8) is 0 Å². The summed E-state index contributed by atoms with van der Waals surface area (Å²) in [5, 5.41) is 9.61. The van der Waals surface area contributed by atoms with Crippen LogP contribution in [0.5, 0.6) is 11.5 Å². The van der Waals surface area contributed by atoms with Crippen LogP contribution < -0.4 is 9.46 Å². The monoisotopic (exact) mass is 415 g/mol. The number of halogens is 1. The molecule has 2 N–H and O–H groups in total. The molecular formula is C17H18ClNO5S2. The predicted molar refractivity (Wildman–Crippen MR) is 103 cm³/mol. The van der Waals surface area contributed by atoms with Crippen LogP contribution in [-0.4, -0.2) is 37.5 Å². The summed E-state index contributed by atoms with van der Waals surface area (Å²) in [7, 11) is -3.95. The molecule has 0 spiro atoms. The Balaban J connectivity index is 2.13. The van der Waals surface area contributed by atoms with E-state index in [-0.39, 0.29) is 11.3 Å². The number of ether oxygens (including phenoxy) is 1. The van der Waals surface area contributed by atoms with Gasteiger partial charge in [-0.2, -0.15) is 16.5 Å². The van der Waals surface area contributed by atoms with Crippen LogP contribution in [0.25, 0.3) is 0 Å². The number of hydrogen-bond acceptors (Lipinski definition) is 5. The van der Waals surface area contributed by atoms with Gasteiger partial charge >= 0.3 is 5.97 Å². The molecule has 0 aromatic heterocycles. The summed E-state index contributed by atoms with van der Waals surface area (Å²) in [6.07, 6.45) is 2.02. The molecule has 0 aliphatic rings. The van der Waals surface area contributed by atoms with Crippen molar-refractivity contribution in [1.29, 1.82) is 0 Å². The zero-order chi connectivity index (χ0) is 19.2. The Labute approximate surface area is 161 Å². The Kier molecular flexibility index (Phi) is 7.33. The van der Waals surface area contributed by atoms with Gasteiger partial charge in [-0.15, -0.1) is 0 Å². The number of thioether (sulfide) groups is 1. The minimum absolute atomic E-state index is 0.0422. The van der Waals surface area contributed by atoms with Crippen LogP contribution in [0.15, 0.2) is 53.4 Å². The third-order valence-corrected chi connectivity index (χ3v) is 5.85. The topological polar surface area (TPSA) is 92.7 Å². The zero-order valence-corrected chi connectivity index (χ0v) is 16.3. The summed E-state index contributed by atoms with van der Waals surface area (Å²) in [6, 6.07) is 11.4. The van der Waals surface area contributed by atoms with Crippen molar-refractivity contribution in [2.45, 2.75) is 17.4 Å². The van der Waals surface area contributed by atoms with Gasteiger partial charge in [-0.05, 0) is 54.8 Å². The van der Waals surface area contributed by atoms with Gasteiger partial charge in [0.2, 0.25) is 10.0 Å². The van der Waals surface area contributed by atoms with Gasteiger partial charge in [-0.1, -0.05) is 23.7 Å². The number of benzene rings is 2. The third kappa shape index (κ3) is 5.63. The Bertz CT molecular complexity index is 856. The summed E-state index contributed by atoms with van der Waals surface area (Å²) >= 11 is 7.47. The Morgan fingerprint density at radius 3 is 2.46 bits per heavy atom. The first-order valence-corrected chi connectivity index (χ1v) is 10.9. The van der Waals surface area contributed by atoms with Crippen molar-refractivity contribution in [3.8, 4) is 11.5 Å². The number of hydrogen-bond donors (Lipinski definition) is 2. The molecule has 0 amide bonds. The lowest BCUT2D eigenvalue weighted by Crippen LogP contribution is -2.41. The van der Waals surface area contributed by atoms with Crippen LogP contribution in [0.3, 0.4) is 0 Å². The molecule has 2 aromatic rings. The average molecular weight is 416 g/mol. The largest absolute Gasteiger partial charge is 0.480 e. The van der Waals surface area contributed by atoms with E-state index in [0.717, 1.165) is 0 Å². The molecule has 2 rings (SSSR count). The molecule has 0 saturated heterocycles. The van der Waals surface area contributed by atoms with Gasteiger partial charge in [-0.25, -0.2) is 8.42 Å². The number of carbonyl (C=O) groups is 1. The van der Waals surface area contributed by atoms with Gasteiger partial charge in [-0.3, -0.25) is 4.79 Å². The first kappa shape index (κ1) is 20.6. The van der Waals surface area contributed by atoms with Crippen molar-refractivity contribution >= 4 is 39.4 Å². The molecule has 0 saturated carbocycles. The van der Waals surface area contributed by atoms with Crippen molar-refractivity contribution in [2.24, 2.45) is 0 Å². The number of aliphatic carboxylic acids is 1. The summed E-state index contributed by atoms with van der Waals surface area (Å²) < 4.78 is 32.6. The molecule has 1 atom stereocenters. The molecule has 6 nitrogen and oxygen atoms in total. The average Bonchev–Trinajstić information content (AvgIpc) is 2.61. The lowest BCUT2D eigenvalue weighted by atomic mass is 10.2. The minimum Gasteiger partial charge on any atom is -0.480 e. The number of nitrogens with one attached hydrogen (secondary N) is 1. The van der Waals surface area contributed by atoms with Crippen LogP contribution in [0.1, 0.15) is 6.42 Å². The van der Waals surface area contributed by atoms with Crippen LogP contribution in [-0.2, 0) is 14.8 Å². The van der Waals surface area contributed by atoms with Gasteiger partial charge in [0.25, 0.3) is 0 Å². The summed E-state index contributed by atoms with van der Waals surface area (Å²) in [5.74, 6) is 0.186. The van der Waals surface area contributed by atoms with E-state index in [2.05, 4.69) is 4.72 Å². The number of carboxylic acids is 1. The summed E-state index contributed by atoms with van der Waals surface area (Å²) in [6.45, 7) is 0. The van der Waals surface area contributed by atoms with E-state index in [0.29, 0.717) is 22.3 Å². The van der Waals surface area contributed by atoms with E-state index < -0.39 is 22.0 Å². The predicted octanol–water partition coefficient (Wildman–Crippen LogP) is 3.62. The van der Waals surface area contributed by atoms with E-state index in [1.54, 1.807) is 24.3 Å². The molecule has 0 bridgehead atoms. The first-order chi connectivity index (χ1) is 12.3. The van der Waals surface area contributed by atoms with E-state index in [4.69, 9.17) is 16.3 Å². The van der Waals surface area contributed by atoms with Crippen LogP contribution in [0.4, 0.5) is 0 Å². The zero-order valence-electron chi connectivity index (χ0n) is 13.9. The molecule has 2 aromatic carbocycles. The maximum atomic E-state index is 12.4. The molecule has 1 unspecified atom stereocenters. The second-order valence-corrected chi connectivity index (χ2v) is 8.40. The van der Waals surface area contributed by atoms with Crippen LogP contribution >= 0.6 is 23.4 Å². The SMILES string of the molecule is CSCCC(NS(=O)(=O)c1ccc(Oc2ccccc2Cl)cc1)C(=O)O. The normalized spacial score (nSPS) is 12.5. The van der Waals surface area contributed by atoms with Crippen LogP contribution in [0, 0.1) is 0 Å². The summed E-state index contributed by atoms with van der Waals surface area (Å²) in [4.78, 5) is 11.2. The van der Waals surface area contributed by atoms with E-state index in [9.17, 15) is 18.3 Å². The third-order valence-electron chi connectivity index (χ3n) is 3.40. The van der Waals surface area contributed by atoms with Crippen molar-refractivity contribution in [1.82, 2.24) is 4.72 Å². The van der Waals surface area contributed by atoms with Crippen LogP contribution in [0.2, 0.25) is 5.02 Å². The summed E-state index contributed by atoms with van der Waals surface area (Å²) in [5.41, 5.74) is 0. The van der Waals surface area contributed by atoms with Crippen molar-refractivity contribution in [3.05, 3.63) is 53.6 Å². The minimum atomic E-state index is -3.95. The number of sulfonamides is 1. The highest BCUT2D eigenvalue weighted by atomic mass is 35.5. The van der Waals surface area contributed by atoms with Gasteiger partial charge in [0, 0.05) is 0 Å². The highest BCUT2D eigenvalue weighted by Crippen LogP contribution is 2.29. The van der Waals surface area contributed by atoms with E-state index in [1.165, 1.54) is 36.0 Å². The lowest BCUT2D eigenvalue weighted by Gasteiger charge is -2.14. The fraction of sp³-hybridized carbons (Fsp3) is 0.235. The number of para-hydroxylation sites is 1. The Morgan fingerprint density at radius 2 is 1.88 bits per heavy atom. The van der Waals surface area contributed by atoms with Gasteiger partial charge in [0.05, 0.1) is 9.92 Å². The molecule has 0 heterocycles. The van der Waals surface area contributed by atoms with E-state index >= 15 is 0 Å². The van der Waals surface area contributed by atoms with Crippen molar-refractivity contribution in [2.75, 3.05) is 12.0 Å². The molecule has 0 aliphatic heterocycles. The Hall–Kier alpha value is -1.74. The fourth-order valence-corrected chi connectivity index (χ4v) is 3.93. The molecule has 0 fully saturated rings. The lowest BCUT2D eigenvalue weighted by molar-refractivity contribution is -0.139. The molecule has 140 valence electrons. The number of rotatable bonds is 9. The van der Waals surface area contributed by atoms with Gasteiger partial charge < -0.3 is 9.84 Å². The highest BCUT2D eigenvalue weighted by Gasteiger charge is 2.25. The maximum absolute atomic E-state index is 12.4. The quantitative estimate of drug-likeness (QED) is 0.649. The smallest absolute Gasteiger partial charge is 0.321 e. The second kappa shape index (κ2) is 9.27. The number of carboxylic acid groups (broad SMARTS) is 1. The van der Waals surface area contributed by atoms with Crippen molar-refractivity contribution < 1.29 is 23.1 Å². The molecule has 0 radical (unpaired) electrons. The highest BCUT2D eigenvalue weighted by molar-refractivity contribution is 7.98. The van der Waals surface area contributed by atoms with Gasteiger partial charge in [0.15, 0.2) is 0 Å². The van der Waals surface area contributed by atoms with Gasteiger partial charge in [0.1, 0.15) is 17.5 Å². The second-order valence-electron chi connectivity index (χ2n) is 5.30. The molecule has 0 aliphatic carbocycles. The molecular weight excluding hydrogens is 398 g/mol. The fourth-order valence-electron chi connectivity index (χ4n) is 2.07. The Morgan fingerprint density at radius 1 is 1.23 bits per heavy atom. The molecule has 9 heteroatoms.